The van der Waals surface area contributed by atoms with E-state index in [-0.39, 0.29) is 43.1 Å². The molecule has 6 rings (SSSR count). The molecule has 2 aromatic rings. The van der Waals surface area contributed by atoms with Crippen molar-refractivity contribution < 1.29 is 53.4 Å². The van der Waals surface area contributed by atoms with Crippen LogP contribution < -0.4 is 14.8 Å². The van der Waals surface area contributed by atoms with E-state index in [9.17, 15) is 30.0 Å². The Labute approximate surface area is 262 Å². The van der Waals surface area contributed by atoms with Crippen LogP contribution in [0.15, 0.2) is 16.7 Å². The number of rotatable bonds is 10. The molecule has 6 atom stereocenters. The Balaban J connectivity index is 1.47. The number of carbonyl (C=O) groups excluding carboxylic acids is 2. The van der Waals surface area contributed by atoms with E-state index in [2.05, 4.69) is 5.32 Å². The van der Waals surface area contributed by atoms with Gasteiger partial charge in [-0.1, -0.05) is 19.3 Å². The number of hydrogen-bond acceptors (Lipinski definition) is 11. The molecule has 1 aromatic heterocycles. The van der Waals surface area contributed by atoms with Crippen LogP contribution in [0, 0.1) is 5.41 Å². The summed E-state index contributed by atoms with van der Waals surface area (Å²) < 4.78 is 30.2. The smallest absolute Gasteiger partial charge is 0.306 e. The zero-order valence-corrected chi connectivity index (χ0v) is 25.7. The number of aliphatic hydroxyl groups is 4. The molecule has 1 aromatic carbocycles. The second kappa shape index (κ2) is 13.4. The summed E-state index contributed by atoms with van der Waals surface area (Å²) in [6, 6.07) is 1.88. The van der Waals surface area contributed by atoms with Gasteiger partial charge < -0.3 is 49.1 Å². The Morgan fingerprint density at radius 2 is 1.78 bits per heavy atom. The topological polar surface area (TPSA) is 177 Å². The van der Waals surface area contributed by atoms with Crippen molar-refractivity contribution in [2.45, 2.75) is 120 Å². The van der Waals surface area contributed by atoms with Gasteiger partial charge in [0.05, 0.1) is 31.0 Å². The first-order valence-corrected chi connectivity index (χ1v) is 16.4. The summed E-state index contributed by atoms with van der Waals surface area (Å²) in [4.78, 5) is 25.7. The molecular weight excluding hydrogens is 586 g/mol. The Bertz CT molecular complexity index is 1360. The van der Waals surface area contributed by atoms with Crippen LogP contribution in [0.1, 0.15) is 88.2 Å². The molecule has 2 aliphatic heterocycles. The van der Waals surface area contributed by atoms with Crippen LogP contribution in [0.2, 0.25) is 0 Å². The maximum absolute atomic E-state index is 13.2. The van der Waals surface area contributed by atoms with E-state index in [1.807, 2.05) is 6.07 Å². The third-order valence-electron chi connectivity index (χ3n) is 10.2. The molecule has 1 spiro atoms. The number of aliphatic hydroxyl groups excluding tert-OH is 4. The molecule has 1 amide bonds. The van der Waals surface area contributed by atoms with Gasteiger partial charge in [0.25, 0.3) is 0 Å². The largest absolute Gasteiger partial charge is 0.483 e. The van der Waals surface area contributed by atoms with Crippen LogP contribution in [0.5, 0.6) is 11.5 Å². The number of amides is 1. The van der Waals surface area contributed by atoms with Gasteiger partial charge in [0.1, 0.15) is 24.4 Å². The molecule has 0 radical (unpaired) electrons. The van der Waals surface area contributed by atoms with Crippen molar-refractivity contribution in [3.63, 3.8) is 0 Å². The normalized spacial score (nSPS) is 30.1. The van der Waals surface area contributed by atoms with E-state index in [0.29, 0.717) is 23.4 Å². The van der Waals surface area contributed by atoms with E-state index in [4.69, 9.17) is 23.4 Å². The molecule has 45 heavy (non-hydrogen) atoms. The fraction of sp³-hybridized carbons (Fsp3) is 0.697. The molecule has 4 fully saturated rings. The highest BCUT2D eigenvalue weighted by molar-refractivity contribution is 5.93. The minimum absolute atomic E-state index is 0.0356. The van der Waals surface area contributed by atoms with Crippen molar-refractivity contribution >= 4 is 22.8 Å². The van der Waals surface area contributed by atoms with Gasteiger partial charge in [-0.2, -0.15) is 0 Å². The van der Waals surface area contributed by atoms with Gasteiger partial charge >= 0.3 is 5.97 Å². The van der Waals surface area contributed by atoms with Crippen molar-refractivity contribution in [2.24, 2.45) is 5.41 Å². The third-order valence-corrected chi connectivity index (χ3v) is 10.2. The number of fused-ring (bicyclic) bond motifs is 1. The molecule has 0 unspecified atom stereocenters. The summed E-state index contributed by atoms with van der Waals surface area (Å²) in [5.41, 5.74) is 1.37. The van der Waals surface area contributed by atoms with Gasteiger partial charge in [0.2, 0.25) is 17.9 Å². The molecule has 4 aliphatic rings. The van der Waals surface area contributed by atoms with Crippen molar-refractivity contribution in [1.82, 2.24) is 5.32 Å². The van der Waals surface area contributed by atoms with Crippen molar-refractivity contribution in [2.75, 3.05) is 19.8 Å². The maximum Gasteiger partial charge on any atom is 0.306 e. The van der Waals surface area contributed by atoms with Crippen LogP contribution in [-0.4, -0.2) is 88.9 Å². The van der Waals surface area contributed by atoms with E-state index in [1.165, 1.54) is 0 Å². The van der Waals surface area contributed by atoms with Crippen molar-refractivity contribution in [3.05, 3.63) is 23.5 Å². The van der Waals surface area contributed by atoms with Crippen LogP contribution in [0.4, 0.5) is 0 Å². The van der Waals surface area contributed by atoms with E-state index >= 15 is 0 Å². The highest BCUT2D eigenvalue weighted by atomic mass is 16.7. The fourth-order valence-electron chi connectivity index (χ4n) is 7.70. The third kappa shape index (κ3) is 6.03. The maximum atomic E-state index is 13.2. The second-order valence-electron chi connectivity index (χ2n) is 12.9. The highest BCUT2D eigenvalue weighted by Crippen LogP contribution is 2.54. The summed E-state index contributed by atoms with van der Waals surface area (Å²) >= 11 is 0. The number of nitrogens with one attached hydrogen (secondary N) is 1. The molecule has 248 valence electrons. The first kappa shape index (κ1) is 32.1. The number of carbonyl (C=O) groups is 2. The summed E-state index contributed by atoms with van der Waals surface area (Å²) in [6.45, 7) is 1.86. The van der Waals surface area contributed by atoms with Crippen LogP contribution in [0.25, 0.3) is 11.0 Å². The molecule has 2 saturated carbocycles. The molecule has 12 nitrogen and oxygen atoms in total. The second-order valence-corrected chi connectivity index (χ2v) is 12.9. The first-order valence-electron chi connectivity index (χ1n) is 16.4. The number of aryl methyl sites for hydroxylation is 1. The number of furan rings is 1. The lowest BCUT2D eigenvalue weighted by molar-refractivity contribution is -0.277. The van der Waals surface area contributed by atoms with Gasteiger partial charge in [-0.05, 0) is 63.5 Å². The van der Waals surface area contributed by atoms with Gasteiger partial charge in [-0.3, -0.25) is 9.59 Å². The number of hydrogen-bond donors (Lipinski definition) is 5. The molecule has 2 saturated heterocycles. The first-order chi connectivity index (χ1) is 21.8. The highest BCUT2D eigenvalue weighted by Gasteiger charge is 2.53. The number of ether oxygens (including phenoxy) is 4. The zero-order chi connectivity index (χ0) is 31.7. The Morgan fingerprint density at radius 3 is 2.49 bits per heavy atom. The quantitative estimate of drug-likeness (QED) is 0.244. The van der Waals surface area contributed by atoms with Crippen LogP contribution >= 0.6 is 0 Å². The Morgan fingerprint density at radius 1 is 1.02 bits per heavy atom. The minimum atomic E-state index is -1.65. The van der Waals surface area contributed by atoms with Gasteiger partial charge in [-0.15, -0.1) is 0 Å². The molecule has 3 heterocycles. The molecule has 0 bridgehead atoms. The Kier molecular flexibility index (Phi) is 9.58. The zero-order valence-electron chi connectivity index (χ0n) is 25.7. The summed E-state index contributed by atoms with van der Waals surface area (Å²) in [7, 11) is 0. The lowest BCUT2D eigenvalue weighted by Gasteiger charge is -2.40. The predicted octanol–water partition coefficient (Wildman–Crippen LogP) is 2.59. The predicted molar refractivity (Wildman–Crippen MR) is 160 cm³/mol. The van der Waals surface area contributed by atoms with Gasteiger partial charge in [0.15, 0.2) is 11.3 Å². The summed E-state index contributed by atoms with van der Waals surface area (Å²) in [5, 5.41) is 45.3. The average molecular weight is 632 g/mol. The van der Waals surface area contributed by atoms with Crippen LogP contribution in [-0.2, 0) is 25.5 Å². The molecule has 12 heteroatoms. The SMILES string of the molecule is CCOC(=O)CCc1cc2c([C@H]3CNC(=O)C34CCCC4)coc2c(OC2CCCCC2)c1O[C@@H]1O[C@H](CO)[C@@H](O)[C@H](O)[C@H]1O. The number of esters is 1. The fourth-order valence-corrected chi connectivity index (χ4v) is 7.70. The lowest BCUT2D eigenvalue weighted by Crippen LogP contribution is -2.60. The van der Waals surface area contributed by atoms with E-state index in [0.717, 1.165) is 68.7 Å². The Hall–Kier alpha value is -2.90. The van der Waals surface area contributed by atoms with Crippen molar-refractivity contribution in [1.29, 1.82) is 0 Å². The monoisotopic (exact) mass is 631 g/mol. The van der Waals surface area contributed by atoms with Crippen LogP contribution in [0.3, 0.4) is 0 Å². The lowest BCUT2D eigenvalue weighted by atomic mass is 9.72. The van der Waals surface area contributed by atoms with Crippen molar-refractivity contribution in [3.8, 4) is 11.5 Å². The van der Waals surface area contributed by atoms with Gasteiger partial charge in [0, 0.05) is 29.8 Å². The van der Waals surface area contributed by atoms with E-state index < -0.39 is 48.7 Å². The number of benzene rings is 1. The van der Waals surface area contributed by atoms with E-state index in [1.54, 1.807) is 13.2 Å². The molecular formula is C33H45NO11. The average Bonchev–Trinajstić information content (AvgIpc) is 3.78. The van der Waals surface area contributed by atoms with Gasteiger partial charge in [-0.25, -0.2) is 0 Å². The minimum Gasteiger partial charge on any atom is -0.483 e. The summed E-state index contributed by atoms with van der Waals surface area (Å²) in [6.07, 6.45) is 2.64. The molecule has 2 aliphatic carbocycles. The molecule has 5 N–H and O–H groups in total. The summed E-state index contributed by atoms with van der Waals surface area (Å²) in [5.74, 6) is 0.0432. The standard InChI is InChI=1S/C33H45NO11/c1-2-41-24(36)11-10-18-14-20-21(22-15-34-32(40)33(22)12-6-7-13-33)17-42-29(20)30(43-19-8-4-3-5-9-19)28(18)45-31-27(39)26(38)25(37)23(16-35)44-31/h14,17,19,22-23,25-27,31,35,37-39H,2-13,15-16H2,1H3,(H,34,40)/t22-,23-,25-,26+,27-,31+/m1/s1.